The minimum absolute atomic E-state index is 0.0410. The lowest BCUT2D eigenvalue weighted by molar-refractivity contribution is -0.274. The maximum absolute atomic E-state index is 15.0. The number of benzene rings is 2. The predicted octanol–water partition coefficient (Wildman–Crippen LogP) is 9.49. The van der Waals surface area contributed by atoms with Crippen LogP contribution in [0.5, 0.6) is 11.5 Å². The first-order chi connectivity index (χ1) is 19.0. The van der Waals surface area contributed by atoms with E-state index in [4.69, 9.17) is 9.47 Å². The Morgan fingerprint density at radius 1 is 0.750 bits per heavy atom. The van der Waals surface area contributed by atoms with E-state index in [2.05, 4.69) is 23.5 Å². The molecule has 0 spiro atoms. The van der Waals surface area contributed by atoms with Crippen LogP contribution >= 0.6 is 0 Å². The number of allylic oxidation sites excluding steroid dienone is 2. The summed E-state index contributed by atoms with van der Waals surface area (Å²) in [5, 5.41) is 0. The number of hydrogen-bond acceptors (Lipinski definition) is 3. The van der Waals surface area contributed by atoms with Crippen LogP contribution in [-0.4, -0.2) is 25.2 Å². The van der Waals surface area contributed by atoms with E-state index in [1.807, 2.05) is 0 Å². The molecule has 2 aromatic rings. The second-order valence-corrected chi connectivity index (χ2v) is 10.5. The summed E-state index contributed by atoms with van der Waals surface area (Å²) in [7, 11) is 0. The fourth-order valence-electron chi connectivity index (χ4n) is 5.48. The van der Waals surface area contributed by atoms with Gasteiger partial charge in [-0.2, -0.15) is 8.78 Å². The number of halogens is 6. The van der Waals surface area contributed by atoms with Crippen molar-refractivity contribution in [3.8, 4) is 22.6 Å². The van der Waals surface area contributed by atoms with E-state index in [9.17, 15) is 26.3 Å². The number of alkyl halides is 5. The van der Waals surface area contributed by atoms with Crippen LogP contribution in [0.25, 0.3) is 11.1 Å². The van der Waals surface area contributed by atoms with Gasteiger partial charge in [0.25, 0.3) is 0 Å². The minimum Gasteiger partial charge on any atom is -0.432 e. The van der Waals surface area contributed by atoms with Crippen molar-refractivity contribution < 1.29 is 40.6 Å². The normalized spacial score (nSPS) is 24.1. The van der Waals surface area contributed by atoms with Gasteiger partial charge in [0.05, 0.1) is 18.6 Å². The highest BCUT2D eigenvalue weighted by Gasteiger charge is 2.44. The number of ether oxygens (including phenoxy) is 3. The number of hydrogen-bond donors (Lipinski definition) is 0. The molecule has 0 heterocycles. The van der Waals surface area contributed by atoms with Crippen LogP contribution < -0.4 is 9.47 Å². The van der Waals surface area contributed by atoms with Gasteiger partial charge in [0.1, 0.15) is 17.3 Å². The van der Waals surface area contributed by atoms with Crippen molar-refractivity contribution in [3.63, 3.8) is 0 Å². The second kappa shape index (κ2) is 13.1. The molecule has 2 aliphatic carbocycles. The molecule has 0 atom stereocenters. The van der Waals surface area contributed by atoms with Crippen LogP contribution in [0, 0.1) is 23.6 Å². The van der Waals surface area contributed by atoms with Crippen LogP contribution in [0.15, 0.2) is 67.3 Å². The van der Waals surface area contributed by atoms with E-state index in [-0.39, 0.29) is 22.8 Å². The molecule has 9 heteroatoms. The molecule has 0 radical (unpaired) electrons. The van der Waals surface area contributed by atoms with Crippen molar-refractivity contribution in [2.75, 3.05) is 6.61 Å². The first kappa shape index (κ1) is 30.0. The molecule has 0 amide bonds. The van der Waals surface area contributed by atoms with Crippen LogP contribution in [0.4, 0.5) is 26.3 Å². The maximum Gasteiger partial charge on any atom is 0.573 e. The van der Waals surface area contributed by atoms with Crippen LogP contribution in [0.3, 0.4) is 0 Å². The van der Waals surface area contributed by atoms with Gasteiger partial charge in [-0.3, -0.25) is 0 Å². The van der Waals surface area contributed by atoms with Gasteiger partial charge in [-0.25, -0.2) is 4.39 Å². The van der Waals surface area contributed by atoms with Crippen molar-refractivity contribution >= 4 is 0 Å². The van der Waals surface area contributed by atoms with Crippen molar-refractivity contribution in [2.45, 2.75) is 69.9 Å². The van der Waals surface area contributed by atoms with E-state index >= 15 is 0 Å². The average molecular weight is 569 g/mol. The molecule has 2 fully saturated rings. The first-order valence-electron chi connectivity index (χ1n) is 13.7. The van der Waals surface area contributed by atoms with Gasteiger partial charge in [0.2, 0.25) is 0 Å². The zero-order valence-corrected chi connectivity index (χ0v) is 22.1. The summed E-state index contributed by atoms with van der Waals surface area (Å²) in [6, 6.07) is 7.99. The largest absolute Gasteiger partial charge is 0.573 e. The van der Waals surface area contributed by atoms with E-state index in [0.29, 0.717) is 44.3 Å². The highest BCUT2D eigenvalue weighted by Crippen LogP contribution is 2.41. The lowest BCUT2D eigenvalue weighted by Crippen LogP contribution is -2.37. The summed E-state index contributed by atoms with van der Waals surface area (Å²) in [4.78, 5) is 0. The Morgan fingerprint density at radius 3 is 1.88 bits per heavy atom. The Bertz CT molecular complexity index is 1130. The molecule has 0 unspecified atom stereocenters. The minimum atomic E-state index is -4.84. The van der Waals surface area contributed by atoms with Gasteiger partial charge in [-0.05, 0) is 93.0 Å². The average Bonchev–Trinajstić information content (AvgIpc) is 2.91. The van der Waals surface area contributed by atoms with Crippen molar-refractivity contribution in [2.24, 2.45) is 17.8 Å². The molecule has 0 saturated heterocycles. The third-order valence-corrected chi connectivity index (χ3v) is 7.66. The van der Waals surface area contributed by atoms with Crippen LogP contribution in [0.2, 0.25) is 0 Å². The molecule has 40 heavy (non-hydrogen) atoms. The zero-order valence-electron chi connectivity index (χ0n) is 22.1. The second-order valence-electron chi connectivity index (χ2n) is 10.5. The molecule has 0 aliphatic heterocycles. The van der Waals surface area contributed by atoms with Crippen molar-refractivity contribution in [1.82, 2.24) is 0 Å². The molecule has 3 nitrogen and oxygen atoms in total. The Hall–Kier alpha value is -2.94. The Balaban J connectivity index is 1.27. The summed E-state index contributed by atoms with van der Waals surface area (Å²) < 4.78 is 96.2. The molecule has 2 aromatic carbocycles. The number of rotatable bonds is 10. The molecule has 0 bridgehead atoms. The van der Waals surface area contributed by atoms with Gasteiger partial charge in [0, 0.05) is 11.6 Å². The molecule has 218 valence electrons. The molecule has 2 aliphatic rings. The van der Waals surface area contributed by atoms with Crippen LogP contribution in [0.1, 0.15) is 51.4 Å². The standard InChI is InChI=1S/C31H34F6O3/c1-2-19-38-25-13-7-22(8-14-25)4-3-21-5-11-24(12-6-21)30(33,34)39-27-17-18-28(29(32)20-27)23-9-15-26(16-10-23)40-31(35,36)37/h2-4,9-10,15-18,20-22,24-25H,1,5-8,11-14,19H2/b4-3+. The lowest BCUT2D eigenvalue weighted by atomic mass is 9.80. The van der Waals surface area contributed by atoms with Gasteiger partial charge in [-0.1, -0.05) is 30.4 Å². The van der Waals surface area contributed by atoms with Crippen molar-refractivity contribution in [3.05, 3.63) is 73.1 Å². The van der Waals surface area contributed by atoms with Gasteiger partial charge >= 0.3 is 12.5 Å². The molecular formula is C31H34F6O3. The SMILES string of the molecule is C=CCOC1CCC(/C=C/C2CCC(C(F)(F)Oc3ccc(-c4ccc(OC(F)(F)F)cc4)c(F)c3)CC2)CC1. The topological polar surface area (TPSA) is 27.7 Å². The molecular weight excluding hydrogens is 534 g/mol. The van der Waals surface area contributed by atoms with Gasteiger partial charge in [-0.15, -0.1) is 19.8 Å². The zero-order chi connectivity index (χ0) is 28.8. The Morgan fingerprint density at radius 2 is 1.32 bits per heavy atom. The Kier molecular flexibility index (Phi) is 9.87. The lowest BCUT2D eigenvalue weighted by Gasteiger charge is -2.32. The van der Waals surface area contributed by atoms with E-state index in [1.165, 1.54) is 24.3 Å². The Labute approximate surface area is 230 Å². The summed E-state index contributed by atoms with van der Waals surface area (Å²) in [5.74, 6) is -1.80. The fraction of sp³-hybridized carbons (Fsp3) is 0.484. The quantitative estimate of drug-likeness (QED) is 0.211. The third kappa shape index (κ3) is 8.53. The monoisotopic (exact) mass is 568 g/mol. The third-order valence-electron chi connectivity index (χ3n) is 7.66. The van der Waals surface area contributed by atoms with Crippen LogP contribution in [-0.2, 0) is 4.74 Å². The predicted molar refractivity (Wildman–Crippen MR) is 141 cm³/mol. The summed E-state index contributed by atoms with van der Waals surface area (Å²) in [6.07, 6.45) is 4.22. The van der Waals surface area contributed by atoms with E-state index in [0.717, 1.165) is 43.9 Å². The van der Waals surface area contributed by atoms with Gasteiger partial charge < -0.3 is 14.2 Å². The highest BCUT2D eigenvalue weighted by atomic mass is 19.4. The highest BCUT2D eigenvalue weighted by molar-refractivity contribution is 5.65. The summed E-state index contributed by atoms with van der Waals surface area (Å²) in [6.45, 7) is 4.25. The molecule has 2 saturated carbocycles. The first-order valence-corrected chi connectivity index (χ1v) is 13.7. The molecule has 0 aromatic heterocycles. The fourth-order valence-corrected chi connectivity index (χ4v) is 5.48. The maximum atomic E-state index is 15.0. The molecule has 4 rings (SSSR count). The van der Waals surface area contributed by atoms with E-state index in [1.54, 1.807) is 6.08 Å². The smallest absolute Gasteiger partial charge is 0.432 e. The summed E-state index contributed by atoms with van der Waals surface area (Å²) >= 11 is 0. The van der Waals surface area contributed by atoms with Crippen molar-refractivity contribution in [1.29, 1.82) is 0 Å². The van der Waals surface area contributed by atoms with Gasteiger partial charge in [0.15, 0.2) is 0 Å². The summed E-state index contributed by atoms with van der Waals surface area (Å²) in [5.41, 5.74) is 0.310. The van der Waals surface area contributed by atoms with E-state index < -0.39 is 30.0 Å². The molecule has 0 N–H and O–H groups in total.